The highest BCUT2D eigenvalue weighted by molar-refractivity contribution is 8.93. The Morgan fingerprint density at radius 2 is 2.00 bits per heavy atom. The molecule has 0 radical (unpaired) electrons. The zero-order valence-corrected chi connectivity index (χ0v) is 12.6. The van der Waals surface area contributed by atoms with E-state index in [0.29, 0.717) is 0 Å². The lowest BCUT2D eigenvalue weighted by Gasteiger charge is -2.23. The Labute approximate surface area is 111 Å². The van der Waals surface area contributed by atoms with E-state index in [1.165, 1.54) is 37.8 Å². The Hall–Kier alpha value is -0.240. The molecule has 1 nitrogen and oxygen atoms in total. The fraction of sp³-hybridized carbons (Fsp3) is 0.714. The van der Waals surface area contributed by atoms with Crippen LogP contribution >= 0.6 is 17.0 Å². The molecular weight excluding hydrogens is 262 g/mol. The normalized spacial score (nSPS) is 15.0. The maximum absolute atomic E-state index is 2.42. The molecule has 0 aliphatic carbocycles. The molecule has 0 unspecified atom stereocenters. The Kier molecular flexibility index (Phi) is 8.73. The number of nitrogens with zero attached hydrogens (tertiary/aromatic N) is 1. The predicted molar refractivity (Wildman–Crippen MR) is 78.1 cm³/mol. The van der Waals surface area contributed by atoms with Gasteiger partial charge in [-0.3, -0.25) is 0 Å². The lowest BCUT2D eigenvalue weighted by atomic mass is 10.1. The summed E-state index contributed by atoms with van der Waals surface area (Å²) >= 11 is 0. The molecule has 16 heavy (non-hydrogen) atoms. The minimum absolute atomic E-state index is 0. The maximum atomic E-state index is 2.42. The zero-order chi connectivity index (χ0) is 11.1. The molecule has 1 rings (SSSR count). The summed E-state index contributed by atoms with van der Waals surface area (Å²) < 4.78 is 0. The van der Waals surface area contributed by atoms with E-state index in [0.717, 1.165) is 12.5 Å². The van der Waals surface area contributed by atoms with Crippen molar-refractivity contribution in [2.24, 2.45) is 5.92 Å². The van der Waals surface area contributed by atoms with Crippen molar-refractivity contribution in [3.63, 3.8) is 0 Å². The van der Waals surface area contributed by atoms with Crippen LogP contribution in [0.4, 0.5) is 0 Å². The molecule has 0 atom stereocenters. The monoisotopic (exact) mass is 287 g/mol. The van der Waals surface area contributed by atoms with Crippen molar-refractivity contribution in [1.29, 1.82) is 0 Å². The van der Waals surface area contributed by atoms with Gasteiger partial charge in [-0.1, -0.05) is 44.8 Å². The van der Waals surface area contributed by atoms with Crippen LogP contribution in [0.1, 0.15) is 46.5 Å². The van der Waals surface area contributed by atoms with Crippen molar-refractivity contribution in [2.75, 3.05) is 13.1 Å². The summed E-state index contributed by atoms with van der Waals surface area (Å²) in [5.74, 6) is 0.866. The highest BCUT2D eigenvalue weighted by Crippen LogP contribution is 2.11. The topological polar surface area (TPSA) is 3.24 Å². The lowest BCUT2D eigenvalue weighted by Crippen LogP contribution is -2.22. The SMILES string of the molecule is Br.CC1=CC=CN(CCCCCC(C)C)C1. The molecule has 0 bridgehead atoms. The number of halogens is 1. The first kappa shape index (κ1) is 15.8. The van der Waals surface area contributed by atoms with E-state index in [4.69, 9.17) is 0 Å². The van der Waals surface area contributed by atoms with Crippen LogP contribution in [0.25, 0.3) is 0 Å². The van der Waals surface area contributed by atoms with Crippen molar-refractivity contribution in [3.8, 4) is 0 Å². The lowest BCUT2D eigenvalue weighted by molar-refractivity contribution is 0.381. The second kappa shape index (κ2) is 8.86. The molecule has 0 saturated heterocycles. The molecule has 0 saturated carbocycles. The predicted octanol–water partition coefficient (Wildman–Crippen LogP) is 4.56. The third-order valence-corrected chi connectivity index (χ3v) is 2.86. The zero-order valence-electron chi connectivity index (χ0n) is 10.9. The molecule has 0 N–H and O–H groups in total. The average molecular weight is 288 g/mol. The van der Waals surface area contributed by atoms with Crippen molar-refractivity contribution >= 4 is 17.0 Å². The van der Waals surface area contributed by atoms with Crippen molar-refractivity contribution in [3.05, 3.63) is 23.9 Å². The molecule has 0 fully saturated rings. The number of unbranched alkanes of at least 4 members (excludes halogenated alkanes) is 2. The summed E-state index contributed by atoms with van der Waals surface area (Å²) in [6.45, 7) is 9.17. The highest BCUT2D eigenvalue weighted by atomic mass is 79.9. The van der Waals surface area contributed by atoms with Gasteiger partial charge < -0.3 is 4.90 Å². The third kappa shape index (κ3) is 7.10. The van der Waals surface area contributed by atoms with Crippen LogP contribution in [0.15, 0.2) is 23.9 Å². The molecule has 0 spiro atoms. The molecule has 1 aliphatic heterocycles. The molecule has 0 aromatic carbocycles. The van der Waals surface area contributed by atoms with Gasteiger partial charge in [0, 0.05) is 13.1 Å². The molecule has 1 aliphatic rings. The first-order chi connectivity index (χ1) is 7.18. The Morgan fingerprint density at radius 3 is 2.62 bits per heavy atom. The van der Waals surface area contributed by atoms with Crippen molar-refractivity contribution < 1.29 is 0 Å². The largest absolute Gasteiger partial charge is 0.373 e. The van der Waals surface area contributed by atoms with Gasteiger partial charge in [-0.05, 0) is 31.5 Å². The molecule has 0 amide bonds. The summed E-state index contributed by atoms with van der Waals surface area (Å²) in [6.07, 6.45) is 12.1. The second-order valence-electron chi connectivity index (χ2n) is 5.07. The first-order valence-electron chi connectivity index (χ1n) is 6.26. The second-order valence-corrected chi connectivity index (χ2v) is 5.07. The van der Waals surface area contributed by atoms with Crippen LogP contribution in [0, 0.1) is 5.92 Å². The maximum Gasteiger partial charge on any atom is 0.0383 e. The van der Waals surface area contributed by atoms with Gasteiger partial charge in [0.1, 0.15) is 0 Å². The molecule has 0 aromatic rings. The number of hydrogen-bond donors (Lipinski definition) is 0. The fourth-order valence-electron chi connectivity index (χ4n) is 1.95. The van der Waals surface area contributed by atoms with E-state index in [-0.39, 0.29) is 17.0 Å². The number of rotatable bonds is 6. The summed E-state index contributed by atoms with van der Waals surface area (Å²) in [5.41, 5.74) is 1.47. The van der Waals surface area contributed by atoms with E-state index >= 15 is 0 Å². The summed E-state index contributed by atoms with van der Waals surface area (Å²) in [6, 6.07) is 0. The molecular formula is C14H26BrN. The summed E-state index contributed by atoms with van der Waals surface area (Å²) in [4.78, 5) is 2.42. The van der Waals surface area contributed by atoms with Gasteiger partial charge >= 0.3 is 0 Å². The molecule has 2 heteroatoms. The van der Waals surface area contributed by atoms with Gasteiger partial charge in [-0.25, -0.2) is 0 Å². The van der Waals surface area contributed by atoms with Crippen LogP contribution in [0.2, 0.25) is 0 Å². The first-order valence-corrected chi connectivity index (χ1v) is 6.26. The van der Waals surface area contributed by atoms with Gasteiger partial charge in [-0.2, -0.15) is 0 Å². The molecule has 94 valence electrons. The Morgan fingerprint density at radius 1 is 1.25 bits per heavy atom. The van der Waals surface area contributed by atoms with Gasteiger partial charge in [0.15, 0.2) is 0 Å². The van der Waals surface area contributed by atoms with E-state index in [1.807, 2.05) is 0 Å². The molecule has 0 aromatic heterocycles. The standard InChI is InChI=1S/C14H25N.BrH/c1-13(2)8-5-4-6-10-15-11-7-9-14(3)12-15;/h7,9,11,13H,4-6,8,10,12H2,1-3H3;1H. The number of hydrogen-bond acceptors (Lipinski definition) is 1. The van der Waals surface area contributed by atoms with Gasteiger partial charge in [0.2, 0.25) is 0 Å². The average Bonchev–Trinajstić information content (AvgIpc) is 2.17. The number of allylic oxidation sites excluding steroid dienone is 2. The Bertz CT molecular complexity index is 231. The minimum atomic E-state index is 0. The summed E-state index contributed by atoms with van der Waals surface area (Å²) in [5, 5.41) is 0. The van der Waals surface area contributed by atoms with Gasteiger partial charge in [0.25, 0.3) is 0 Å². The minimum Gasteiger partial charge on any atom is -0.373 e. The van der Waals surface area contributed by atoms with Crippen LogP contribution < -0.4 is 0 Å². The van der Waals surface area contributed by atoms with Crippen LogP contribution in [0.3, 0.4) is 0 Å². The quantitative estimate of drug-likeness (QED) is 0.648. The van der Waals surface area contributed by atoms with Gasteiger partial charge in [0.05, 0.1) is 0 Å². The van der Waals surface area contributed by atoms with Crippen LogP contribution in [-0.2, 0) is 0 Å². The van der Waals surface area contributed by atoms with E-state index < -0.39 is 0 Å². The third-order valence-electron chi connectivity index (χ3n) is 2.86. The van der Waals surface area contributed by atoms with Crippen molar-refractivity contribution in [2.45, 2.75) is 46.5 Å². The van der Waals surface area contributed by atoms with Gasteiger partial charge in [-0.15, -0.1) is 17.0 Å². The summed E-state index contributed by atoms with van der Waals surface area (Å²) in [7, 11) is 0. The Balaban J connectivity index is 0.00000225. The van der Waals surface area contributed by atoms with Crippen LogP contribution in [-0.4, -0.2) is 18.0 Å². The fourth-order valence-corrected chi connectivity index (χ4v) is 1.95. The van der Waals surface area contributed by atoms with E-state index in [2.05, 4.69) is 44.0 Å². The molecule has 1 heterocycles. The van der Waals surface area contributed by atoms with Crippen molar-refractivity contribution in [1.82, 2.24) is 4.90 Å². The highest BCUT2D eigenvalue weighted by Gasteiger charge is 2.03. The van der Waals surface area contributed by atoms with E-state index in [9.17, 15) is 0 Å². The smallest absolute Gasteiger partial charge is 0.0383 e. The van der Waals surface area contributed by atoms with Crippen LogP contribution in [0.5, 0.6) is 0 Å². The van der Waals surface area contributed by atoms with E-state index in [1.54, 1.807) is 0 Å².